The summed E-state index contributed by atoms with van der Waals surface area (Å²) in [6, 6.07) is 4.68. The molecule has 2 N–H and O–H groups in total. The molecule has 1 aromatic heterocycles. The highest BCUT2D eigenvalue weighted by molar-refractivity contribution is 9.10. The number of anilines is 1. The maximum atomic E-state index is 13.0. The van der Waals surface area contributed by atoms with E-state index in [0.29, 0.717) is 34.8 Å². The third-order valence-electron chi connectivity index (χ3n) is 4.03. The molecule has 0 aliphatic carbocycles. The minimum atomic E-state index is -3.78. The largest absolute Gasteiger partial charge is 0.393 e. The number of aromatic nitrogens is 3. The van der Waals surface area contributed by atoms with Crippen molar-refractivity contribution in [1.82, 2.24) is 19.3 Å². The van der Waals surface area contributed by atoms with Crippen LogP contribution in [0.2, 0.25) is 5.02 Å². The molecule has 0 saturated heterocycles. The molecule has 150 valence electrons. The van der Waals surface area contributed by atoms with E-state index in [9.17, 15) is 13.5 Å². The van der Waals surface area contributed by atoms with E-state index < -0.39 is 16.1 Å². The zero-order chi connectivity index (χ0) is 20.2. The van der Waals surface area contributed by atoms with Gasteiger partial charge >= 0.3 is 0 Å². The molecule has 0 unspecified atom stereocenters. The topological polar surface area (TPSA) is 100 Å². The maximum absolute atomic E-state index is 13.0. The summed E-state index contributed by atoms with van der Waals surface area (Å²) < 4.78 is 29.5. The van der Waals surface area contributed by atoms with Gasteiger partial charge in [-0.05, 0) is 54.4 Å². The Labute approximate surface area is 172 Å². The minimum absolute atomic E-state index is 0.0785. The van der Waals surface area contributed by atoms with Gasteiger partial charge in [0.15, 0.2) is 4.60 Å². The number of sulfonamides is 1. The number of nitrogens with one attached hydrogen (secondary N) is 1. The van der Waals surface area contributed by atoms with Gasteiger partial charge in [-0.1, -0.05) is 16.8 Å². The van der Waals surface area contributed by atoms with E-state index in [1.54, 1.807) is 23.7 Å². The van der Waals surface area contributed by atoms with Crippen molar-refractivity contribution in [3.63, 3.8) is 0 Å². The first-order chi connectivity index (χ1) is 12.7. The highest BCUT2D eigenvalue weighted by atomic mass is 79.9. The van der Waals surface area contributed by atoms with E-state index in [4.69, 9.17) is 11.6 Å². The Balaban J connectivity index is 2.30. The number of aliphatic hydroxyl groups excluding tert-OH is 1. The van der Waals surface area contributed by atoms with Gasteiger partial charge in [0, 0.05) is 25.2 Å². The molecule has 2 aromatic rings. The van der Waals surface area contributed by atoms with Crippen molar-refractivity contribution in [3.8, 4) is 0 Å². The first kappa shape index (κ1) is 22.1. The monoisotopic (exact) mass is 479 g/mol. The highest BCUT2D eigenvalue weighted by Crippen LogP contribution is 2.28. The van der Waals surface area contributed by atoms with Crippen molar-refractivity contribution in [1.29, 1.82) is 0 Å². The van der Waals surface area contributed by atoms with Crippen molar-refractivity contribution >= 4 is 43.2 Å². The molecule has 11 heteroatoms. The summed E-state index contributed by atoms with van der Waals surface area (Å²) in [5.41, 5.74) is 1.23. The number of hydrogen-bond donors (Lipinski definition) is 2. The van der Waals surface area contributed by atoms with Crippen LogP contribution >= 0.6 is 27.5 Å². The van der Waals surface area contributed by atoms with Crippen LogP contribution in [0.3, 0.4) is 0 Å². The number of nitrogens with zero attached hydrogens (tertiary/aromatic N) is 4. The molecular weight excluding hydrogens is 458 g/mol. The molecular formula is C16H23BrClN5O3S. The van der Waals surface area contributed by atoms with Gasteiger partial charge in [-0.25, -0.2) is 17.4 Å². The van der Waals surface area contributed by atoms with E-state index in [1.807, 2.05) is 6.92 Å². The first-order valence-corrected chi connectivity index (χ1v) is 11.0. The maximum Gasteiger partial charge on any atom is 0.244 e. The quantitative estimate of drug-likeness (QED) is 0.572. The van der Waals surface area contributed by atoms with E-state index >= 15 is 0 Å². The fourth-order valence-corrected chi connectivity index (χ4v) is 4.45. The Hall–Kier alpha value is -1.20. The molecule has 1 heterocycles. The lowest BCUT2D eigenvalue weighted by Gasteiger charge is -2.20. The molecule has 0 amide bonds. The lowest BCUT2D eigenvalue weighted by atomic mass is 10.3. The number of rotatable bonds is 9. The predicted molar refractivity (Wildman–Crippen MR) is 108 cm³/mol. The predicted octanol–water partition coefficient (Wildman–Crippen LogP) is 2.72. The second-order valence-corrected chi connectivity index (χ2v) is 9.30. The average Bonchev–Trinajstić information content (AvgIpc) is 2.98. The third-order valence-corrected chi connectivity index (χ3v) is 6.78. The molecule has 0 spiro atoms. The van der Waals surface area contributed by atoms with E-state index in [1.165, 1.54) is 17.4 Å². The fourth-order valence-electron chi connectivity index (χ4n) is 2.42. The SMILES string of the molecule is CCn1nnc(Br)c1CNc1ccc(Cl)cc1S(=O)(=O)N(C)CC[C@H](C)O. The molecule has 8 nitrogen and oxygen atoms in total. The summed E-state index contributed by atoms with van der Waals surface area (Å²) in [5, 5.41) is 20.9. The van der Waals surface area contributed by atoms with Gasteiger partial charge in [0.25, 0.3) is 0 Å². The average molecular weight is 481 g/mol. The number of halogens is 2. The molecule has 1 atom stereocenters. The summed E-state index contributed by atoms with van der Waals surface area (Å²) in [4.78, 5) is 0.0785. The summed E-state index contributed by atoms with van der Waals surface area (Å²) >= 11 is 9.40. The zero-order valence-electron chi connectivity index (χ0n) is 15.4. The van der Waals surface area contributed by atoms with E-state index in [0.717, 1.165) is 5.69 Å². The van der Waals surface area contributed by atoms with Crippen molar-refractivity contribution in [3.05, 3.63) is 33.5 Å². The minimum Gasteiger partial charge on any atom is -0.393 e. The Kier molecular flexibility index (Phi) is 7.64. The van der Waals surface area contributed by atoms with Gasteiger partial charge in [-0.3, -0.25) is 0 Å². The normalized spacial score (nSPS) is 13.1. The molecule has 0 saturated carbocycles. The van der Waals surface area contributed by atoms with Crippen LogP contribution in [0, 0.1) is 0 Å². The first-order valence-electron chi connectivity index (χ1n) is 8.42. The molecule has 0 aliphatic rings. The van der Waals surface area contributed by atoms with Crippen LogP contribution in [0.1, 0.15) is 26.0 Å². The molecule has 27 heavy (non-hydrogen) atoms. The lowest BCUT2D eigenvalue weighted by molar-refractivity contribution is 0.177. The van der Waals surface area contributed by atoms with Gasteiger partial charge in [0.1, 0.15) is 4.90 Å². The standard InChI is InChI=1S/C16H23BrClN5O3S/c1-4-23-14(16(17)20-21-23)10-19-13-6-5-12(18)9-15(13)27(25,26)22(3)8-7-11(2)24/h5-6,9,11,19,24H,4,7-8,10H2,1-3H3/t11-/m0/s1. The zero-order valence-corrected chi connectivity index (χ0v) is 18.5. The summed E-state index contributed by atoms with van der Waals surface area (Å²) in [6.07, 6.45) is -0.244. The second kappa shape index (κ2) is 9.33. The van der Waals surface area contributed by atoms with Crippen LogP contribution in [0.15, 0.2) is 27.7 Å². The van der Waals surface area contributed by atoms with E-state index in [2.05, 4.69) is 31.6 Å². The smallest absolute Gasteiger partial charge is 0.244 e. The fraction of sp³-hybridized carbons (Fsp3) is 0.500. The number of aryl methyl sites for hydroxylation is 1. The highest BCUT2D eigenvalue weighted by Gasteiger charge is 2.25. The van der Waals surface area contributed by atoms with Crippen molar-refractivity contribution in [2.75, 3.05) is 18.9 Å². The number of hydrogen-bond acceptors (Lipinski definition) is 6. The third kappa shape index (κ3) is 5.41. The van der Waals surface area contributed by atoms with Gasteiger partial charge < -0.3 is 10.4 Å². The molecule has 2 rings (SSSR count). The summed E-state index contributed by atoms with van der Waals surface area (Å²) in [5.74, 6) is 0. The van der Waals surface area contributed by atoms with Crippen LogP contribution in [0.5, 0.6) is 0 Å². The molecule has 0 radical (unpaired) electrons. The number of benzene rings is 1. The Morgan fingerprint density at radius 3 is 2.78 bits per heavy atom. The van der Waals surface area contributed by atoms with Gasteiger partial charge in [0.2, 0.25) is 10.0 Å². The van der Waals surface area contributed by atoms with Crippen LogP contribution in [-0.2, 0) is 23.1 Å². The van der Waals surface area contributed by atoms with Crippen LogP contribution < -0.4 is 5.32 Å². The Morgan fingerprint density at radius 1 is 1.44 bits per heavy atom. The van der Waals surface area contributed by atoms with Gasteiger partial charge in [0.05, 0.1) is 24.0 Å². The van der Waals surface area contributed by atoms with Gasteiger partial charge in [-0.2, -0.15) is 0 Å². The van der Waals surface area contributed by atoms with Crippen LogP contribution in [0.25, 0.3) is 0 Å². The van der Waals surface area contributed by atoms with E-state index in [-0.39, 0.29) is 11.4 Å². The van der Waals surface area contributed by atoms with Gasteiger partial charge in [-0.15, -0.1) is 5.10 Å². The molecule has 0 bridgehead atoms. The molecule has 0 aliphatic heterocycles. The summed E-state index contributed by atoms with van der Waals surface area (Å²) in [7, 11) is -2.30. The summed E-state index contributed by atoms with van der Waals surface area (Å²) in [6.45, 7) is 4.74. The van der Waals surface area contributed by atoms with Crippen LogP contribution in [0.4, 0.5) is 5.69 Å². The number of aliphatic hydroxyl groups is 1. The molecule has 0 fully saturated rings. The van der Waals surface area contributed by atoms with Crippen molar-refractivity contribution < 1.29 is 13.5 Å². The Bertz CT molecular complexity index is 888. The van der Waals surface area contributed by atoms with Crippen LogP contribution in [-0.4, -0.2) is 52.5 Å². The molecule has 1 aromatic carbocycles. The second-order valence-electron chi connectivity index (χ2n) is 6.10. The lowest BCUT2D eigenvalue weighted by Crippen LogP contribution is -2.30. The Morgan fingerprint density at radius 2 is 2.15 bits per heavy atom. The van der Waals surface area contributed by atoms with Crippen molar-refractivity contribution in [2.24, 2.45) is 0 Å². The van der Waals surface area contributed by atoms with Crippen molar-refractivity contribution in [2.45, 2.75) is 44.4 Å².